The zero-order chi connectivity index (χ0) is 12.3. The standard InChI is InChI=1S/C13H11NO.C2H6/c14-7-5-10-2-1-9-3-4-12-11(13(9)10)6-8-15-12;1-2/h3-5H,1-2,6,8H2;1-2H3/b10-5+;. The molecule has 1 aliphatic carbocycles. The number of allylic oxidation sites excluding steroid dienone is 2. The highest BCUT2D eigenvalue weighted by Gasteiger charge is 2.25. The van der Waals surface area contributed by atoms with Gasteiger partial charge in [0, 0.05) is 18.1 Å². The fourth-order valence-corrected chi connectivity index (χ4v) is 2.55. The van der Waals surface area contributed by atoms with Crippen LogP contribution in [0.25, 0.3) is 5.57 Å². The molecule has 2 nitrogen and oxygen atoms in total. The molecule has 0 bridgehead atoms. The molecule has 0 saturated carbocycles. The normalized spacial score (nSPS) is 17.6. The van der Waals surface area contributed by atoms with Crippen molar-refractivity contribution in [2.45, 2.75) is 33.1 Å². The van der Waals surface area contributed by atoms with E-state index in [0.717, 1.165) is 31.6 Å². The number of nitriles is 1. The number of fused-ring (bicyclic) bond motifs is 3. The lowest BCUT2D eigenvalue weighted by molar-refractivity contribution is 0.357. The first-order chi connectivity index (χ1) is 8.40. The molecule has 2 heteroatoms. The van der Waals surface area contributed by atoms with E-state index >= 15 is 0 Å². The molecule has 3 rings (SSSR count). The van der Waals surface area contributed by atoms with Crippen LogP contribution in [0.2, 0.25) is 0 Å². The Morgan fingerprint density at radius 3 is 2.82 bits per heavy atom. The van der Waals surface area contributed by atoms with Crippen LogP contribution in [0.1, 0.15) is 37.0 Å². The van der Waals surface area contributed by atoms with Crippen molar-refractivity contribution < 1.29 is 4.74 Å². The largest absolute Gasteiger partial charge is 0.493 e. The van der Waals surface area contributed by atoms with Crippen molar-refractivity contribution in [3.63, 3.8) is 0 Å². The van der Waals surface area contributed by atoms with Crippen LogP contribution in [0.5, 0.6) is 5.75 Å². The lowest BCUT2D eigenvalue weighted by Crippen LogP contribution is -1.89. The molecular weight excluding hydrogens is 210 g/mol. The van der Waals surface area contributed by atoms with Crippen molar-refractivity contribution in [3.05, 3.63) is 34.9 Å². The van der Waals surface area contributed by atoms with Gasteiger partial charge < -0.3 is 4.74 Å². The van der Waals surface area contributed by atoms with E-state index < -0.39 is 0 Å². The van der Waals surface area contributed by atoms with Crippen LogP contribution in [0.4, 0.5) is 0 Å². The number of nitrogens with zero attached hydrogens (tertiary/aromatic N) is 1. The number of benzene rings is 1. The SMILES string of the molecule is CC.N#C/C=C1\CCc2ccc3c(c21)CCO3. The molecule has 0 saturated heterocycles. The molecule has 2 aliphatic rings. The summed E-state index contributed by atoms with van der Waals surface area (Å²) in [6.07, 6.45) is 4.74. The highest BCUT2D eigenvalue weighted by Crippen LogP contribution is 2.40. The maximum atomic E-state index is 8.74. The summed E-state index contributed by atoms with van der Waals surface area (Å²) >= 11 is 0. The smallest absolute Gasteiger partial charge is 0.123 e. The van der Waals surface area contributed by atoms with Gasteiger partial charge in [-0.25, -0.2) is 0 Å². The first-order valence-electron chi connectivity index (χ1n) is 6.27. The van der Waals surface area contributed by atoms with Crippen LogP contribution in [-0.4, -0.2) is 6.61 Å². The van der Waals surface area contributed by atoms with Crippen molar-refractivity contribution in [2.75, 3.05) is 6.61 Å². The van der Waals surface area contributed by atoms with Crippen molar-refractivity contribution >= 4 is 5.57 Å². The Hall–Kier alpha value is -1.75. The topological polar surface area (TPSA) is 33.0 Å². The molecule has 0 fully saturated rings. The Balaban J connectivity index is 0.000000514. The van der Waals surface area contributed by atoms with Crippen LogP contribution in [-0.2, 0) is 12.8 Å². The summed E-state index contributed by atoms with van der Waals surface area (Å²) in [6.45, 7) is 4.78. The number of ether oxygens (including phenoxy) is 1. The molecular formula is C15H17NO. The predicted octanol–water partition coefficient (Wildman–Crippen LogP) is 3.50. The lowest BCUT2D eigenvalue weighted by atomic mass is 9.98. The number of aryl methyl sites for hydroxylation is 1. The molecule has 0 amide bonds. The number of hydrogen-bond acceptors (Lipinski definition) is 2. The van der Waals surface area contributed by atoms with Crippen LogP contribution >= 0.6 is 0 Å². The molecule has 0 N–H and O–H groups in total. The van der Waals surface area contributed by atoms with Gasteiger partial charge in [0.2, 0.25) is 0 Å². The Kier molecular flexibility index (Phi) is 3.49. The Morgan fingerprint density at radius 1 is 1.24 bits per heavy atom. The average molecular weight is 227 g/mol. The zero-order valence-corrected chi connectivity index (χ0v) is 10.4. The first kappa shape index (κ1) is 11.7. The Bertz CT molecular complexity index is 494. The third kappa shape index (κ3) is 1.93. The van der Waals surface area contributed by atoms with E-state index in [2.05, 4.69) is 18.2 Å². The molecule has 1 heterocycles. The van der Waals surface area contributed by atoms with Gasteiger partial charge in [-0.15, -0.1) is 0 Å². The zero-order valence-electron chi connectivity index (χ0n) is 10.4. The maximum absolute atomic E-state index is 8.74. The van der Waals surface area contributed by atoms with Crippen LogP contribution in [0.3, 0.4) is 0 Å². The molecule has 0 atom stereocenters. The lowest BCUT2D eigenvalue weighted by Gasteiger charge is -2.06. The molecule has 0 unspecified atom stereocenters. The summed E-state index contributed by atoms with van der Waals surface area (Å²) in [7, 11) is 0. The second-order valence-electron chi connectivity index (χ2n) is 3.97. The molecule has 0 spiro atoms. The third-order valence-electron chi connectivity index (χ3n) is 3.19. The van der Waals surface area contributed by atoms with Gasteiger partial charge in [-0.05, 0) is 35.6 Å². The van der Waals surface area contributed by atoms with Gasteiger partial charge in [-0.1, -0.05) is 19.9 Å². The van der Waals surface area contributed by atoms with Crippen LogP contribution in [0, 0.1) is 11.3 Å². The molecule has 1 aromatic carbocycles. The maximum Gasteiger partial charge on any atom is 0.123 e. The molecule has 1 aromatic rings. The number of hydrogen-bond donors (Lipinski definition) is 0. The monoisotopic (exact) mass is 227 g/mol. The highest BCUT2D eigenvalue weighted by molar-refractivity contribution is 5.78. The fourth-order valence-electron chi connectivity index (χ4n) is 2.55. The molecule has 88 valence electrons. The summed E-state index contributed by atoms with van der Waals surface area (Å²) in [4.78, 5) is 0. The van der Waals surface area contributed by atoms with Crippen LogP contribution in [0.15, 0.2) is 18.2 Å². The highest BCUT2D eigenvalue weighted by atomic mass is 16.5. The van der Waals surface area contributed by atoms with Crippen molar-refractivity contribution in [2.24, 2.45) is 0 Å². The third-order valence-corrected chi connectivity index (χ3v) is 3.19. The first-order valence-corrected chi connectivity index (χ1v) is 6.27. The van der Waals surface area contributed by atoms with Gasteiger partial charge in [0.1, 0.15) is 5.75 Å². The van der Waals surface area contributed by atoms with Gasteiger partial charge in [0.05, 0.1) is 12.7 Å². The van der Waals surface area contributed by atoms with E-state index in [4.69, 9.17) is 10.00 Å². The predicted molar refractivity (Wildman–Crippen MR) is 68.9 cm³/mol. The van der Waals surface area contributed by atoms with Gasteiger partial charge in [0.25, 0.3) is 0 Å². The fraction of sp³-hybridized carbons (Fsp3) is 0.400. The Morgan fingerprint density at radius 2 is 2.06 bits per heavy atom. The van der Waals surface area contributed by atoms with E-state index in [0.29, 0.717) is 0 Å². The van der Waals surface area contributed by atoms with Crippen molar-refractivity contribution in [3.8, 4) is 11.8 Å². The summed E-state index contributed by atoms with van der Waals surface area (Å²) in [5.41, 5.74) is 5.17. The van der Waals surface area contributed by atoms with Crippen molar-refractivity contribution in [1.82, 2.24) is 0 Å². The molecule has 0 aromatic heterocycles. The van der Waals surface area contributed by atoms with E-state index in [9.17, 15) is 0 Å². The molecule has 0 radical (unpaired) electrons. The summed E-state index contributed by atoms with van der Waals surface area (Å²) in [5, 5.41) is 8.74. The van der Waals surface area contributed by atoms with Gasteiger partial charge in [0.15, 0.2) is 0 Å². The summed E-state index contributed by atoms with van der Waals surface area (Å²) < 4.78 is 5.54. The minimum atomic E-state index is 0.783. The number of rotatable bonds is 0. The van der Waals surface area contributed by atoms with Gasteiger partial charge in [-0.3, -0.25) is 0 Å². The van der Waals surface area contributed by atoms with Gasteiger partial charge >= 0.3 is 0 Å². The van der Waals surface area contributed by atoms with E-state index in [1.807, 2.05) is 13.8 Å². The average Bonchev–Trinajstić information content (AvgIpc) is 2.97. The Labute approximate surface area is 103 Å². The quantitative estimate of drug-likeness (QED) is 0.635. The van der Waals surface area contributed by atoms with E-state index in [1.54, 1.807) is 6.08 Å². The van der Waals surface area contributed by atoms with Gasteiger partial charge in [-0.2, -0.15) is 5.26 Å². The minimum Gasteiger partial charge on any atom is -0.493 e. The summed E-state index contributed by atoms with van der Waals surface area (Å²) in [5.74, 6) is 1.01. The molecule has 1 aliphatic heterocycles. The van der Waals surface area contributed by atoms with Crippen molar-refractivity contribution in [1.29, 1.82) is 5.26 Å². The van der Waals surface area contributed by atoms with E-state index in [-0.39, 0.29) is 0 Å². The summed E-state index contributed by atoms with van der Waals surface area (Å²) in [6, 6.07) is 6.34. The van der Waals surface area contributed by atoms with E-state index in [1.165, 1.54) is 22.3 Å². The second kappa shape index (κ2) is 5.05. The molecule has 17 heavy (non-hydrogen) atoms. The van der Waals surface area contributed by atoms with Crippen LogP contribution < -0.4 is 4.74 Å². The second-order valence-corrected chi connectivity index (χ2v) is 3.97. The minimum absolute atomic E-state index is 0.783.